The summed E-state index contributed by atoms with van der Waals surface area (Å²) in [5.74, 6) is 0.0610. The Balaban J connectivity index is 3.22. The first kappa shape index (κ1) is 10.7. The predicted molar refractivity (Wildman–Crippen MR) is 49.5 cm³/mol. The van der Waals surface area contributed by atoms with Crippen LogP contribution in [0, 0.1) is 20.2 Å². The van der Waals surface area contributed by atoms with Gasteiger partial charge in [0.15, 0.2) is 5.75 Å². The number of ether oxygens (including phenoxy) is 1. The minimum absolute atomic E-state index is 0.0610. The number of nitrogens with zero attached hydrogens (tertiary/aromatic N) is 3. The second kappa shape index (κ2) is 4.22. The van der Waals surface area contributed by atoms with Gasteiger partial charge in [-0.1, -0.05) is 12.1 Å². The minimum Gasteiger partial charge on any atom is -0.494 e. The fraction of sp³-hybridized carbons (Fsp3) is 0.143. The van der Waals surface area contributed by atoms with Gasteiger partial charge in [-0.2, -0.15) is 0 Å². The summed E-state index contributed by atoms with van der Waals surface area (Å²) in [5, 5.41) is 18.4. The Morgan fingerprint density at radius 1 is 1.20 bits per heavy atom. The van der Waals surface area contributed by atoms with E-state index in [1.165, 1.54) is 25.3 Å². The zero-order valence-electron chi connectivity index (χ0n) is 7.69. The van der Waals surface area contributed by atoms with E-state index in [4.69, 9.17) is 4.74 Å². The molecule has 15 heavy (non-hydrogen) atoms. The summed E-state index contributed by atoms with van der Waals surface area (Å²) in [7, 11) is 1.27. The van der Waals surface area contributed by atoms with Crippen LogP contribution in [-0.4, -0.2) is 17.2 Å². The van der Waals surface area contributed by atoms with E-state index in [1.807, 2.05) is 0 Å². The van der Waals surface area contributed by atoms with Crippen LogP contribution in [0.1, 0.15) is 0 Å². The number of hydrazine groups is 2. The third-order valence-corrected chi connectivity index (χ3v) is 1.61. The Morgan fingerprint density at radius 2 is 1.73 bits per heavy atom. The molecule has 8 nitrogen and oxygen atoms in total. The van der Waals surface area contributed by atoms with Crippen LogP contribution in [0.15, 0.2) is 24.3 Å². The Hall–Kier alpha value is -2.38. The molecule has 0 aromatic heterocycles. The number of hydrogen-bond donors (Lipinski definition) is 0. The van der Waals surface area contributed by atoms with Crippen LogP contribution in [0.3, 0.4) is 0 Å². The summed E-state index contributed by atoms with van der Waals surface area (Å²) < 4.78 is 4.78. The number of para-hydroxylation sites is 2. The van der Waals surface area contributed by atoms with Gasteiger partial charge in [0.2, 0.25) is 20.9 Å². The van der Waals surface area contributed by atoms with Gasteiger partial charge in [-0.25, -0.2) is 20.2 Å². The molecule has 0 bridgehead atoms. The molecule has 80 valence electrons. The number of hydrogen-bond acceptors (Lipinski definition) is 5. The molecule has 0 heterocycles. The van der Waals surface area contributed by atoms with Crippen LogP contribution in [0.4, 0.5) is 5.69 Å². The first-order valence-corrected chi connectivity index (χ1v) is 3.79. The highest BCUT2D eigenvalue weighted by molar-refractivity contribution is 5.54. The van der Waals surface area contributed by atoms with Gasteiger partial charge in [0, 0.05) is 0 Å². The SMILES string of the molecule is COc1ccccc1N([N+](=O)[O-])[N+](=O)[O-]. The standard InChI is InChI=1S/C7H7N3O5/c1-15-7-5-3-2-4-6(7)8(9(11)12)10(13)14/h2-5H,1H3. The van der Waals surface area contributed by atoms with Gasteiger partial charge in [-0.3, -0.25) is 0 Å². The number of methoxy groups -OCH3 is 1. The van der Waals surface area contributed by atoms with Crippen molar-refractivity contribution in [3.05, 3.63) is 44.5 Å². The summed E-state index contributed by atoms with van der Waals surface area (Å²) in [4.78, 5) is 20.9. The van der Waals surface area contributed by atoms with Crippen molar-refractivity contribution in [1.29, 1.82) is 0 Å². The van der Waals surface area contributed by atoms with Crippen molar-refractivity contribution in [2.45, 2.75) is 0 Å². The Bertz CT molecular complexity index is 380. The molecule has 0 aliphatic carbocycles. The molecule has 0 saturated carbocycles. The van der Waals surface area contributed by atoms with Gasteiger partial charge < -0.3 is 4.74 Å². The molecule has 1 aromatic carbocycles. The predicted octanol–water partition coefficient (Wildman–Crippen LogP) is 0.885. The van der Waals surface area contributed by atoms with Crippen molar-refractivity contribution < 1.29 is 14.8 Å². The number of anilines is 1. The highest BCUT2D eigenvalue weighted by Gasteiger charge is 2.33. The van der Waals surface area contributed by atoms with Gasteiger partial charge in [0.05, 0.1) is 7.11 Å². The molecule has 0 fully saturated rings. The lowest BCUT2D eigenvalue weighted by Crippen LogP contribution is -2.35. The molecular weight excluding hydrogens is 206 g/mol. The molecule has 0 aliphatic rings. The minimum atomic E-state index is -1.13. The topological polar surface area (TPSA) is 98.8 Å². The van der Waals surface area contributed by atoms with Gasteiger partial charge >= 0.3 is 0 Å². The van der Waals surface area contributed by atoms with Crippen LogP contribution in [0.2, 0.25) is 0 Å². The lowest BCUT2D eigenvalue weighted by molar-refractivity contribution is -0.711. The monoisotopic (exact) mass is 213 g/mol. The van der Waals surface area contributed by atoms with Crippen molar-refractivity contribution in [1.82, 2.24) is 0 Å². The molecule has 1 rings (SSSR count). The van der Waals surface area contributed by atoms with Crippen molar-refractivity contribution in [2.75, 3.05) is 12.2 Å². The van der Waals surface area contributed by atoms with E-state index >= 15 is 0 Å². The van der Waals surface area contributed by atoms with Gasteiger partial charge in [-0.05, 0) is 12.1 Å². The zero-order valence-corrected chi connectivity index (χ0v) is 7.69. The largest absolute Gasteiger partial charge is 0.494 e. The van der Waals surface area contributed by atoms with E-state index in [0.717, 1.165) is 0 Å². The van der Waals surface area contributed by atoms with Crippen molar-refractivity contribution in [3.63, 3.8) is 0 Å². The normalized spacial score (nSPS) is 9.40. The van der Waals surface area contributed by atoms with E-state index in [1.54, 1.807) is 6.07 Å². The van der Waals surface area contributed by atoms with E-state index in [-0.39, 0.29) is 16.6 Å². The summed E-state index contributed by atoms with van der Waals surface area (Å²) in [6, 6.07) is 5.62. The Kier molecular flexibility index (Phi) is 3.01. The molecule has 0 atom stereocenters. The highest BCUT2D eigenvalue weighted by Crippen LogP contribution is 2.27. The highest BCUT2D eigenvalue weighted by atomic mass is 16.8. The number of nitro groups is 2. The molecule has 0 saturated heterocycles. The van der Waals surface area contributed by atoms with Crippen LogP contribution in [0.25, 0.3) is 0 Å². The molecule has 0 unspecified atom stereocenters. The molecule has 8 heteroatoms. The van der Waals surface area contributed by atoms with Crippen LogP contribution < -0.4 is 9.85 Å². The van der Waals surface area contributed by atoms with Gasteiger partial charge in [0.1, 0.15) is 0 Å². The van der Waals surface area contributed by atoms with Crippen LogP contribution in [0.5, 0.6) is 5.75 Å². The quantitative estimate of drug-likeness (QED) is 0.543. The zero-order chi connectivity index (χ0) is 11.4. The maximum Gasteiger partial charge on any atom is 0.228 e. The van der Waals surface area contributed by atoms with E-state index in [2.05, 4.69) is 0 Å². The molecule has 0 spiro atoms. The van der Waals surface area contributed by atoms with Crippen LogP contribution in [-0.2, 0) is 0 Å². The third-order valence-electron chi connectivity index (χ3n) is 1.61. The first-order chi connectivity index (χ1) is 7.07. The molecule has 0 N–H and O–H groups in total. The van der Waals surface area contributed by atoms with E-state index in [0.29, 0.717) is 0 Å². The average Bonchev–Trinajstić information content (AvgIpc) is 2.17. The Labute approximate surface area is 83.9 Å². The fourth-order valence-electron chi connectivity index (χ4n) is 1.03. The van der Waals surface area contributed by atoms with Crippen molar-refractivity contribution in [3.8, 4) is 5.75 Å². The summed E-state index contributed by atoms with van der Waals surface area (Å²) in [6.45, 7) is 0. The Morgan fingerprint density at radius 3 is 2.20 bits per heavy atom. The summed E-state index contributed by atoms with van der Waals surface area (Å²) in [5.41, 5.74) is -0.227. The van der Waals surface area contributed by atoms with Gasteiger partial charge in [0.25, 0.3) is 0 Å². The molecule has 0 radical (unpaired) electrons. The molecule has 0 aliphatic heterocycles. The first-order valence-electron chi connectivity index (χ1n) is 3.79. The smallest absolute Gasteiger partial charge is 0.228 e. The molecule has 0 amide bonds. The average molecular weight is 213 g/mol. The summed E-state index contributed by atoms with van der Waals surface area (Å²) in [6.07, 6.45) is 0. The maximum atomic E-state index is 10.4. The summed E-state index contributed by atoms with van der Waals surface area (Å²) >= 11 is 0. The van der Waals surface area contributed by atoms with Crippen molar-refractivity contribution in [2.24, 2.45) is 0 Å². The fourth-order valence-corrected chi connectivity index (χ4v) is 1.03. The molecular formula is C7H7N3O5. The second-order valence-electron chi connectivity index (χ2n) is 2.44. The lowest BCUT2D eigenvalue weighted by atomic mass is 10.3. The number of benzene rings is 1. The third kappa shape index (κ3) is 2.10. The van der Waals surface area contributed by atoms with Crippen molar-refractivity contribution >= 4 is 5.69 Å². The van der Waals surface area contributed by atoms with E-state index in [9.17, 15) is 20.2 Å². The van der Waals surface area contributed by atoms with Crippen LogP contribution >= 0.6 is 0 Å². The van der Waals surface area contributed by atoms with E-state index < -0.39 is 10.1 Å². The maximum absolute atomic E-state index is 10.4. The lowest BCUT2D eigenvalue weighted by Gasteiger charge is -2.07. The number of rotatable bonds is 4. The van der Waals surface area contributed by atoms with Gasteiger partial charge in [-0.15, -0.1) is 0 Å². The molecule has 1 aromatic rings. The second-order valence-corrected chi connectivity index (χ2v) is 2.44.